The van der Waals surface area contributed by atoms with E-state index in [4.69, 9.17) is 0 Å². The van der Waals surface area contributed by atoms with Crippen molar-refractivity contribution in [2.75, 3.05) is 25.9 Å². The highest BCUT2D eigenvalue weighted by molar-refractivity contribution is 7.91. The molecule has 5 nitrogen and oxygen atoms in total. The van der Waals surface area contributed by atoms with Crippen LogP contribution >= 0.6 is 0 Å². The van der Waals surface area contributed by atoms with Crippen LogP contribution in [0.25, 0.3) is 0 Å². The van der Waals surface area contributed by atoms with Crippen LogP contribution < -0.4 is 10.6 Å². The minimum absolute atomic E-state index is 0.0492. The van der Waals surface area contributed by atoms with Crippen LogP contribution in [-0.4, -0.2) is 40.3 Å². The van der Waals surface area contributed by atoms with Gasteiger partial charge in [-0.3, -0.25) is 4.99 Å². The molecule has 0 bridgehead atoms. The SMILES string of the molecule is CCCCCCNC(=NC)NCCS(=O)(=O)c1ccccc1. The van der Waals surface area contributed by atoms with Gasteiger partial charge in [-0.25, -0.2) is 8.42 Å². The van der Waals surface area contributed by atoms with Crippen molar-refractivity contribution in [2.24, 2.45) is 4.99 Å². The molecular formula is C16H27N3O2S. The Labute approximate surface area is 134 Å². The third-order valence-electron chi connectivity index (χ3n) is 3.31. The van der Waals surface area contributed by atoms with Crippen LogP contribution in [-0.2, 0) is 9.84 Å². The second kappa shape index (κ2) is 10.2. The van der Waals surface area contributed by atoms with Crippen LogP contribution in [0.3, 0.4) is 0 Å². The van der Waals surface area contributed by atoms with Gasteiger partial charge in [-0.05, 0) is 18.6 Å². The van der Waals surface area contributed by atoms with E-state index >= 15 is 0 Å². The van der Waals surface area contributed by atoms with E-state index in [0.29, 0.717) is 17.4 Å². The van der Waals surface area contributed by atoms with E-state index in [9.17, 15) is 8.42 Å². The molecule has 0 unspecified atom stereocenters. The van der Waals surface area contributed by atoms with Crippen molar-refractivity contribution >= 4 is 15.8 Å². The van der Waals surface area contributed by atoms with Crippen molar-refractivity contribution in [1.29, 1.82) is 0 Å². The van der Waals surface area contributed by atoms with Crippen molar-refractivity contribution in [1.82, 2.24) is 10.6 Å². The summed E-state index contributed by atoms with van der Waals surface area (Å²) in [4.78, 5) is 4.46. The van der Waals surface area contributed by atoms with Crippen LogP contribution in [0.5, 0.6) is 0 Å². The molecule has 0 aliphatic rings. The maximum Gasteiger partial charge on any atom is 0.191 e. The Morgan fingerprint density at radius 3 is 2.36 bits per heavy atom. The predicted octanol–water partition coefficient (Wildman–Crippen LogP) is 2.21. The normalized spacial score (nSPS) is 12.2. The van der Waals surface area contributed by atoms with Crippen molar-refractivity contribution in [2.45, 2.75) is 37.5 Å². The van der Waals surface area contributed by atoms with Crippen molar-refractivity contribution in [3.63, 3.8) is 0 Å². The molecule has 0 saturated heterocycles. The predicted molar refractivity (Wildman–Crippen MR) is 92.0 cm³/mol. The highest BCUT2D eigenvalue weighted by Crippen LogP contribution is 2.09. The lowest BCUT2D eigenvalue weighted by molar-refractivity contribution is 0.594. The fraction of sp³-hybridized carbons (Fsp3) is 0.562. The number of unbranched alkanes of at least 4 members (excludes halogenated alkanes) is 3. The fourth-order valence-electron chi connectivity index (χ4n) is 2.03. The first-order valence-corrected chi connectivity index (χ1v) is 9.47. The van der Waals surface area contributed by atoms with Gasteiger partial charge in [0.15, 0.2) is 15.8 Å². The summed E-state index contributed by atoms with van der Waals surface area (Å²) < 4.78 is 24.3. The Kier molecular flexibility index (Phi) is 8.58. The topological polar surface area (TPSA) is 70.6 Å². The molecule has 0 aromatic heterocycles. The first-order chi connectivity index (χ1) is 10.6. The highest BCUT2D eigenvalue weighted by Gasteiger charge is 2.13. The summed E-state index contributed by atoms with van der Waals surface area (Å²) in [5, 5.41) is 6.24. The molecule has 1 rings (SSSR count). The Morgan fingerprint density at radius 1 is 1.05 bits per heavy atom. The standard InChI is InChI=1S/C16H27N3O2S/c1-3-4-5-9-12-18-16(17-2)19-13-14-22(20,21)15-10-7-6-8-11-15/h6-8,10-11H,3-5,9,12-14H2,1-2H3,(H2,17,18,19). The van der Waals surface area contributed by atoms with Gasteiger partial charge in [0, 0.05) is 20.1 Å². The molecule has 0 amide bonds. The monoisotopic (exact) mass is 325 g/mol. The molecule has 0 atom stereocenters. The van der Waals surface area contributed by atoms with Gasteiger partial charge in [0.2, 0.25) is 0 Å². The van der Waals surface area contributed by atoms with Gasteiger partial charge < -0.3 is 10.6 Å². The van der Waals surface area contributed by atoms with Gasteiger partial charge in [0.25, 0.3) is 0 Å². The molecule has 6 heteroatoms. The maximum absolute atomic E-state index is 12.1. The summed E-state index contributed by atoms with van der Waals surface area (Å²) in [5.74, 6) is 0.702. The lowest BCUT2D eigenvalue weighted by Gasteiger charge is -2.12. The van der Waals surface area contributed by atoms with E-state index < -0.39 is 9.84 Å². The van der Waals surface area contributed by atoms with Gasteiger partial charge in [0.1, 0.15) is 0 Å². The van der Waals surface area contributed by atoms with E-state index in [2.05, 4.69) is 22.5 Å². The average Bonchev–Trinajstić information content (AvgIpc) is 2.53. The zero-order chi connectivity index (χ0) is 16.3. The van der Waals surface area contributed by atoms with Crippen molar-refractivity contribution < 1.29 is 8.42 Å². The summed E-state index contributed by atoms with van der Waals surface area (Å²) in [6.45, 7) is 3.37. The van der Waals surface area contributed by atoms with Gasteiger partial charge in [-0.15, -0.1) is 0 Å². The van der Waals surface area contributed by atoms with Crippen molar-refractivity contribution in [3.05, 3.63) is 30.3 Å². The summed E-state index contributed by atoms with van der Waals surface area (Å²) in [6.07, 6.45) is 4.74. The number of sulfone groups is 1. The van der Waals surface area contributed by atoms with Gasteiger partial charge >= 0.3 is 0 Å². The third-order valence-corrected chi connectivity index (χ3v) is 5.04. The van der Waals surface area contributed by atoms with Crippen LogP contribution in [0.2, 0.25) is 0 Å². The molecule has 2 N–H and O–H groups in total. The Hall–Kier alpha value is -1.56. The number of hydrogen-bond acceptors (Lipinski definition) is 3. The van der Waals surface area contributed by atoms with Crippen molar-refractivity contribution in [3.8, 4) is 0 Å². The average molecular weight is 325 g/mol. The molecule has 0 aliphatic heterocycles. The molecule has 0 fully saturated rings. The zero-order valence-electron chi connectivity index (χ0n) is 13.5. The van der Waals surface area contributed by atoms with Crippen LogP contribution in [0.1, 0.15) is 32.6 Å². The largest absolute Gasteiger partial charge is 0.356 e. The van der Waals surface area contributed by atoms with E-state index in [-0.39, 0.29) is 5.75 Å². The summed E-state index contributed by atoms with van der Waals surface area (Å²) in [7, 11) is -1.55. The molecule has 0 spiro atoms. The molecule has 0 saturated carbocycles. The molecule has 1 aromatic carbocycles. The number of aliphatic imine (C=N–C) groups is 1. The third kappa shape index (κ3) is 6.93. The molecule has 1 aromatic rings. The maximum atomic E-state index is 12.1. The summed E-state index contributed by atoms with van der Waals surface area (Å²) in [6, 6.07) is 8.52. The van der Waals surface area contributed by atoms with Crippen LogP contribution in [0.4, 0.5) is 0 Å². The Bertz CT molecular complexity index is 542. The first kappa shape index (κ1) is 18.5. The number of benzene rings is 1. The number of hydrogen-bond donors (Lipinski definition) is 2. The van der Waals surface area contributed by atoms with Crippen LogP contribution in [0, 0.1) is 0 Å². The van der Waals surface area contributed by atoms with Gasteiger partial charge in [-0.1, -0.05) is 44.4 Å². The smallest absolute Gasteiger partial charge is 0.191 e. The molecule has 0 heterocycles. The molecular weight excluding hydrogens is 298 g/mol. The second-order valence-corrected chi connectivity index (χ2v) is 7.23. The molecule has 22 heavy (non-hydrogen) atoms. The van der Waals surface area contributed by atoms with Gasteiger partial charge in [0.05, 0.1) is 10.6 Å². The minimum atomic E-state index is -3.24. The number of guanidine groups is 1. The quantitative estimate of drug-likeness (QED) is 0.415. The lowest BCUT2D eigenvalue weighted by Crippen LogP contribution is -2.39. The van der Waals surface area contributed by atoms with E-state index in [1.54, 1.807) is 31.3 Å². The van der Waals surface area contributed by atoms with Gasteiger partial charge in [-0.2, -0.15) is 0 Å². The Morgan fingerprint density at radius 2 is 1.73 bits per heavy atom. The number of nitrogens with zero attached hydrogens (tertiary/aromatic N) is 1. The second-order valence-electron chi connectivity index (χ2n) is 5.12. The molecule has 0 radical (unpaired) electrons. The molecule has 124 valence electrons. The number of nitrogens with one attached hydrogen (secondary N) is 2. The van der Waals surface area contributed by atoms with Crippen LogP contribution in [0.15, 0.2) is 40.2 Å². The first-order valence-electron chi connectivity index (χ1n) is 7.82. The van der Waals surface area contributed by atoms with E-state index in [0.717, 1.165) is 13.0 Å². The van der Waals surface area contributed by atoms with E-state index in [1.807, 2.05) is 6.07 Å². The highest BCUT2D eigenvalue weighted by atomic mass is 32.2. The van der Waals surface area contributed by atoms with E-state index in [1.165, 1.54) is 19.3 Å². The minimum Gasteiger partial charge on any atom is -0.356 e. The molecule has 0 aliphatic carbocycles. The zero-order valence-corrected chi connectivity index (χ0v) is 14.3. The fourth-order valence-corrected chi connectivity index (χ4v) is 3.21. The summed E-state index contributed by atoms with van der Waals surface area (Å²) in [5.41, 5.74) is 0. The lowest BCUT2D eigenvalue weighted by atomic mass is 10.2. The Balaban J connectivity index is 2.32. The summed E-state index contributed by atoms with van der Waals surface area (Å²) >= 11 is 0. The number of rotatable bonds is 9.